The van der Waals surface area contributed by atoms with E-state index >= 15 is 0 Å². The first-order chi connectivity index (χ1) is 15.4. The number of aromatic nitrogens is 2. The monoisotopic (exact) mass is 632 g/mol. The quantitative estimate of drug-likeness (QED) is 0.190. The first-order valence-corrected chi connectivity index (χ1v) is 10.3. The maximum Gasteiger partial charge on any atom is 2.00 e. The number of para-hydroxylation sites is 2. The molecule has 0 N–H and O–H groups in total. The van der Waals surface area contributed by atoms with E-state index in [9.17, 15) is 0 Å². The van der Waals surface area contributed by atoms with Gasteiger partial charge in [0.05, 0.1) is 11.0 Å². The first-order valence-electron chi connectivity index (χ1n) is 10.3. The molecular weight excluding hydrogens is 614 g/mol. The van der Waals surface area contributed by atoms with Gasteiger partial charge in [-0.2, -0.15) is 30.3 Å². The summed E-state index contributed by atoms with van der Waals surface area (Å²) in [5.74, 6) is 0. The van der Waals surface area contributed by atoms with Crippen molar-refractivity contribution in [1.29, 1.82) is 0 Å². The van der Waals surface area contributed by atoms with Gasteiger partial charge in [0.25, 0.3) is 0 Å². The van der Waals surface area contributed by atoms with Crippen LogP contribution in [0.2, 0.25) is 0 Å². The molecule has 0 aliphatic rings. The van der Waals surface area contributed by atoms with Crippen LogP contribution in [0.3, 0.4) is 0 Å². The molecule has 0 atom stereocenters. The summed E-state index contributed by atoms with van der Waals surface area (Å²) in [6, 6.07) is 39.1. The molecule has 0 saturated heterocycles. The molecular formula is C29H18N2U. The Bertz CT molecular complexity index is 1480. The Kier molecular flexibility index (Phi) is 5.70. The summed E-state index contributed by atoms with van der Waals surface area (Å²) in [6.07, 6.45) is 4.97. The van der Waals surface area contributed by atoms with Crippen LogP contribution in [-0.4, -0.2) is 9.55 Å². The van der Waals surface area contributed by atoms with Gasteiger partial charge in [-0.3, -0.25) is 0 Å². The second kappa shape index (κ2) is 8.79. The first kappa shape index (κ1) is 20.8. The second-order valence-corrected chi connectivity index (χ2v) is 7.58. The molecule has 3 heteroatoms. The molecule has 0 aliphatic heterocycles. The van der Waals surface area contributed by atoms with Crippen LogP contribution in [0, 0.1) is 43.4 Å². The van der Waals surface area contributed by atoms with Crippen LogP contribution in [0.4, 0.5) is 0 Å². The van der Waals surface area contributed by atoms with Gasteiger partial charge >= 0.3 is 31.1 Å². The zero-order valence-corrected chi connectivity index (χ0v) is 21.5. The summed E-state index contributed by atoms with van der Waals surface area (Å²) in [5, 5.41) is 2.53. The van der Waals surface area contributed by atoms with Crippen molar-refractivity contribution in [3.8, 4) is 27.9 Å². The van der Waals surface area contributed by atoms with Crippen LogP contribution in [0.1, 0.15) is 0 Å². The molecule has 6 aromatic rings. The van der Waals surface area contributed by atoms with Crippen LogP contribution in [0.5, 0.6) is 0 Å². The summed E-state index contributed by atoms with van der Waals surface area (Å²) in [7, 11) is 0. The van der Waals surface area contributed by atoms with E-state index < -0.39 is 0 Å². The van der Waals surface area contributed by atoms with Crippen LogP contribution in [0.25, 0.3) is 49.7 Å². The molecule has 148 valence electrons. The van der Waals surface area contributed by atoms with Gasteiger partial charge in [0.15, 0.2) is 0 Å². The smallest absolute Gasteiger partial charge is 0.370 e. The number of rotatable bonds is 3. The number of hydrogen-bond donors (Lipinski definition) is 0. The van der Waals surface area contributed by atoms with Crippen LogP contribution < -0.4 is 0 Å². The summed E-state index contributed by atoms with van der Waals surface area (Å²) in [5.41, 5.74) is 7.68. The van der Waals surface area contributed by atoms with E-state index in [1.54, 1.807) is 0 Å². The molecule has 32 heavy (non-hydrogen) atoms. The third-order valence-electron chi connectivity index (χ3n) is 5.71. The fourth-order valence-electron chi connectivity index (χ4n) is 4.28. The van der Waals surface area contributed by atoms with Crippen LogP contribution in [0.15, 0.2) is 109 Å². The zero-order chi connectivity index (χ0) is 20.6. The number of nitrogens with zero attached hydrogens (tertiary/aromatic N) is 2. The minimum Gasteiger partial charge on any atom is -0.370 e. The standard InChI is InChI=1S/C29H18N2.U/c1-2-9-21(10-3-1)23-17-24(20-30-19-23)22-11-8-12-25(18-22)31-28-15-6-4-13-26(28)27-14-5-7-16-29(27)31;/h1-9,11-18,20H;/q-2;+2. The second-order valence-electron chi connectivity index (χ2n) is 7.58. The average molecular weight is 633 g/mol. The van der Waals surface area contributed by atoms with Gasteiger partial charge < -0.3 is 9.55 Å². The van der Waals surface area contributed by atoms with E-state index in [0.717, 1.165) is 27.9 Å². The van der Waals surface area contributed by atoms with Crippen molar-refractivity contribution < 1.29 is 31.1 Å². The zero-order valence-electron chi connectivity index (χ0n) is 17.3. The third kappa shape index (κ3) is 3.58. The maximum atomic E-state index is 4.38. The van der Waals surface area contributed by atoms with Crippen molar-refractivity contribution >= 4 is 21.8 Å². The maximum absolute atomic E-state index is 4.38. The molecule has 2 aromatic heterocycles. The van der Waals surface area contributed by atoms with E-state index in [1.807, 2.05) is 30.5 Å². The van der Waals surface area contributed by atoms with Crippen LogP contribution in [-0.2, 0) is 0 Å². The van der Waals surface area contributed by atoms with Crippen LogP contribution >= 0.6 is 0 Å². The molecule has 2 heterocycles. The van der Waals surface area contributed by atoms with E-state index in [2.05, 4.69) is 101 Å². The van der Waals surface area contributed by atoms with Gasteiger partial charge in [-0.1, -0.05) is 66.5 Å². The van der Waals surface area contributed by atoms with Gasteiger partial charge in [-0.05, 0) is 29.8 Å². The Balaban J connectivity index is 0.00000216. The average Bonchev–Trinajstić information content (AvgIpc) is 3.19. The van der Waals surface area contributed by atoms with Gasteiger partial charge in [0.2, 0.25) is 0 Å². The largest absolute Gasteiger partial charge is 2.00 e. The number of benzene rings is 4. The Morgan fingerprint density at radius 2 is 1.34 bits per heavy atom. The van der Waals surface area contributed by atoms with Crippen molar-refractivity contribution in [1.82, 2.24) is 9.55 Å². The normalized spacial score (nSPS) is 10.9. The van der Waals surface area contributed by atoms with Crippen molar-refractivity contribution in [2.75, 3.05) is 0 Å². The van der Waals surface area contributed by atoms with Crippen molar-refractivity contribution in [3.63, 3.8) is 0 Å². The number of pyridine rings is 1. The molecule has 0 aliphatic carbocycles. The van der Waals surface area contributed by atoms with Crippen molar-refractivity contribution in [3.05, 3.63) is 122 Å². The number of fused-ring (bicyclic) bond motifs is 3. The minimum atomic E-state index is 0. The predicted molar refractivity (Wildman–Crippen MR) is 127 cm³/mol. The molecule has 0 unspecified atom stereocenters. The van der Waals surface area contributed by atoms with Gasteiger partial charge in [0, 0.05) is 16.5 Å². The molecule has 0 radical (unpaired) electrons. The Morgan fingerprint density at radius 1 is 0.625 bits per heavy atom. The molecule has 0 amide bonds. The summed E-state index contributed by atoms with van der Waals surface area (Å²) in [6.45, 7) is 0. The predicted octanol–water partition coefficient (Wildman–Crippen LogP) is 7.11. The summed E-state index contributed by atoms with van der Waals surface area (Å²) < 4.78 is 2.34. The molecule has 0 fully saturated rings. The molecule has 0 spiro atoms. The van der Waals surface area contributed by atoms with E-state index in [4.69, 9.17) is 0 Å². The SMILES string of the molecule is [U+2].[c-]1ccccc1-c1[c-]ncc(-c2cccc(-n3c4ccccc4c4ccccc43)c2)c1. The van der Waals surface area contributed by atoms with Crippen molar-refractivity contribution in [2.45, 2.75) is 0 Å². The Labute approximate surface area is 210 Å². The van der Waals surface area contributed by atoms with E-state index in [-0.39, 0.29) is 31.1 Å². The minimum absolute atomic E-state index is 0. The molecule has 2 nitrogen and oxygen atoms in total. The van der Waals surface area contributed by atoms with E-state index in [1.165, 1.54) is 21.8 Å². The summed E-state index contributed by atoms with van der Waals surface area (Å²) in [4.78, 5) is 4.38. The fraction of sp³-hybridized carbons (Fsp3) is 0. The molecule has 6 rings (SSSR count). The van der Waals surface area contributed by atoms with Gasteiger partial charge in [0.1, 0.15) is 0 Å². The third-order valence-corrected chi connectivity index (χ3v) is 5.71. The molecule has 0 saturated carbocycles. The van der Waals surface area contributed by atoms with Crippen molar-refractivity contribution in [2.24, 2.45) is 0 Å². The molecule has 0 bridgehead atoms. The van der Waals surface area contributed by atoms with E-state index in [0.29, 0.717) is 0 Å². The van der Waals surface area contributed by atoms with Gasteiger partial charge in [-0.25, -0.2) is 11.1 Å². The number of hydrogen-bond acceptors (Lipinski definition) is 1. The fourth-order valence-corrected chi connectivity index (χ4v) is 4.28. The molecule has 4 aromatic carbocycles. The Hall–Kier alpha value is -3.12. The Morgan fingerprint density at radius 3 is 2.06 bits per heavy atom. The topological polar surface area (TPSA) is 17.8 Å². The van der Waals surface area contributed by atoms with Gasteiger partial charge in [-0.15, -0.1) is 6.07 Å². The summed E-state index contributed by atoms with van der Waals surface area (Å²) >= 11 is 0.